The van der Waals surface area contributed by atoms with E-state index in [1.165, 1.54) is 6.33 Å². The summed E-state index contributed by atoms with van der Waals surface area (Å²) >= 11 is 3.46. The molecular weight excluding hydrogens is 360 g/mol. The minimum absolute atomic E-state index is 0.252. The largest absolute Gasteiger partial charge is 0.378 e. The van der Waals surface area contributed by atoms with Crippen LogP contribution in [0.1, 0.15) is 16.1 Å². The monoisotopic (exact) mass is 376 g/mol. The van der Waals surface area contributed by atoms with Crippen molar-refractivity contribution in [3.63, 3.8) is 0 Å². The van der Waals surface area contributed by atoms with Crippen LogP contribution in [0.3, 0.4) is 0 Å². The summed E-state index contributed by atoms with van der Waals surface area (Å²) in [7, 11) is 0. The number of aromatic nitrogens is 2. The van der Waals surface area contributed by atoms with E-state index < -0.39 is 0 Å². The van der Waals surface area contributed by atoms with Crippen LogP contribution in [-0.4, -0.2) is 42.2 Å². The second-order valence-corrected chi connectivity index (χ2v) is 6.13. The fourth-order valence-corrected chi connectivity index (χ4v) is 2.68. The summed E-state index contributed by atoms with van der Waals surface area (Å²) in [5.41, 5.74) is 2.18. The molecule has 1 aliphatic rings. The van der Waals surface area contributed by atoms with Gasteiger partial charge in [-0.2, -0.15) is 0 Å². The molecule has 0 spiro atoms. The van der Waals surface area contributed by atoms with E-state index in [1.807, 2.05) is 25.1 Å². The van der Waals surface area contributed by atoms with Crippen LogP contribution in [0.2, 0.25) is 0 Å². The number of aryl methyl sites for hydroxylation is 1. The molecule has 0 atom stereocenters. The van der Waals surface area contributed by atoms with Crippen molar-refractivity contribution in [3.8, 4) is 0 Å². The second-order valence-electron chi connectivity index (χ2n) is 5.28. The Kier molecular flexibility index (Phi) is 4.88. The standard InChI is InChI=1S/C16H17BrN4O2/c1-11-2-3-12(8-13(11)17)20-16(22)14-9-15(19-10-18-14)21-4-6-23-7-5-21/h2-3,8-10H,4-7H2,1H3,(H,20,22). The Hall–Kier alpha value is -1.99. The van der Waals surface area contributed by atoms with Gasteiger partial charge in [0.2, 0.25) is 0 Å². The first-order chi connectivity index (χ1) is 11.1. The molecule has 3 rings (SSSR count). The van der Waals surface area contributed by atoms with E-state index >= 15 is 0 Å². The summed E-state index contributed by atoms with van der Waals surface area (Å²) in [6.07, 6.45) is 1.42. The molecule has 0 saturated carbocycles. The Labute approximate surface area is 143 Å². The highest BCUT2D eigenvalue weighted by molar-refractivity contribution is 9.10. The first-order valence-electron chi connectivity index (χ1n) is 7.36. The predicted octanol–water partition coefficient (Wildman–Crippen LogP) is 2.64. The summed E-state index contributed by atoms with van der Waals surface area (Å²) in [5, 5.41) is 2.85. The van der Waals surface area contributed by atoms with Gasteiger partial charge in [-0.1, -0.05) is 22.0 Å². The first-order valence-corrected chi connectivity index (χ1v) is 8.15. The Balaban J connectivity index is 1.75. The zero-order valence-corrected chi connectivity index (χ0v) is 14.3. The van der Waals surface area contributed by atoms with Crippen molar-refractivity contribution in [2.45, 2.75) is 6.92 Å². The lowest BCUT2D eigenvalue weighted by molar-refractivity contribution is 0.102. The van der Waals surface area contributed by atoms with Crippen molar-refractivity contribution in [2.75, 3.05) is 36.5 Å². The van der Waals surface area contributed by atoms with E-state index in [0.717, 1.165) is 34.6 Å². The number of hydrogen-bond donors (Lipinski definition) is 1. The third-order valence-electron chi connectivity index (χ3n) is 3.65. The van der Waals surface area contributed by atoms with Crippen LogP contribution < -0.4 is 10.2 Å². The first kappa shape index (κ1) is 15.9. The summed E-state index contributed by atoms with van der Waals surface area (Å²) in [4.78, 5) is 22.8. The summed E-state index contributed by atoms with van der Waals surface area (Å²) in [5.74, 6) is 0.496. The maximum Gasteiger partial charge on any atom is 0.274 e. The van der Waals surface area contributed by atoms with Crippen LogP contribution in [-0.2, 0) is 4.74 Å². The Morgan fingerprint density at radius 1 is 1.26 bits per heavy atom. The van der Waals surface area contributed by atoms with E-state index in [1.54, 1.807) is 6.07 Å². The molecule has 1 N–H and O–H groups in total. The molecule has 0 radical (unpaired) electrons. The maximum absolute atomic E-state index is 12.4. The summed E-state index contributed by atoms with van der Waals surface area (Å²) < 4.78 is 6.28. The number of carbonyl (C=O) groups is 1. The molecule has 2 heterocycles. The number of rotatable bonds is 3. The quantitative estimate of drug-likeness (QED) is 0.891. The number of amides is 1. The minimum Gasteiger partial charge on any atom is -0.378 e. The molecule has 1 saturated heterocycles. The van der Waals surface area contributed by atoms with E-state index in [4.69, 9.17) is 4.74 Å². The van der Waals surface area contributed by atoms with Gasteiger partial charge in [-0.05, 0) is 24.6 Å². The Morgan fingerprint density at radius 3 is 2.78 bits per heavy atom. The van der Waals surface area contributed by atoms with Crippen LogP contribution in [0, 0.1) is 6.92 Å². The number of carbonyl (C=O) groups excluding carboxylic acids is 1. The molecule has 23 heavy (non-hydrogen) atoms. The summed E-state index contributed by atoms with van der Waals surface area (Å²) in [6.45, 7) is 4.87. The van der Waals surface area contributed by atoms with Crippen molar-refractivity contribution in [3.05, 3.63) is 46.3 Å². The lowest BCUT2D eigenvalue weighted by atomic mass is 10.2. The zero-order valence-electron chi connectivity index (χ0n) is 12.8. The fraction of sp³-hybridized carbons (Fsp3) is 0.312. The van der Waals surface area contributed by atoms with E-state index in [-0.39, 0.29) is 5.91 Å². The number of nitrogens with zero attached hydrogens (tertiary/aromatic N) is 3. The van der Waals surface area contributed by atoms with Crippen molar-refractivity contribution in [1.82, 2.24) is 9.97 Å². The van der Waals surface area contributed by atoms with Gasteiger partial charge in [0.05, 0.1) is 13.2 Å². The fourth-order valence-electron chi connectivity index (χ4n) is 2.30. The molecule has 1 aliphatic heterocycles. The maximum atomic E-state index is 12.4. The molecule has 1 amide bonds. The average molecular weight is 377 g/mol. The second kappa shape index (κ2) is 7.06. The highest BCUT2D eigenvalue weighted by Gasteiger charge is 2.15. The van der Waals surface area contributed by atoms with E-state index in [2.05, 4.69) is 36.1 Å². The van der Waals surface area contributed by atoms with Gasteiger partial charge in [0.1, 0.15) is 17.8 Å². The van der Waals surface area contributed by atoms with Crippen molar-refractivity contribution >= 4 is 33.3 Å². The van der Waals surface area contributed by atoms with Gasteiger partial charge in [-0.25, -0.2) is 9.97 Å². The number of halogens is 1. The van der Waals surface area contributed by atoms with Crippen LogP contribution in [0.15, 0.2) is 35.1 Å². The van der Waals surface area contributed by atoms with E-state index in [0.29, 0.717) is 18.9 Å². The van der Waals surface area contributed by atoms with Crippen molar-refractivity contribution in [1.29, 1.82) is 0 Å². The number of nitrogens with one attached hydrogen (secondary N) is 1. The van der Waals surface area contributed by atoms with Crippen LogP contribution in [0.5, 0.6) is 0 Å². The molecule has 0 bridgehead atoms. The molecule has 0 unspecified atom stereocenters. The highest BCUT2D eigenvalue weighted by Crippen LogP contribution is 2.21. The van der Waals surface area contributed by atoms with Gasteiger partial charge in [0, 0.05) is 29.3 Å². The molecule has 120 valence electrons. The molecule has 7 heteroatoms. The van der Waals surface area contributed by atoms with Crippen molar-refractivity contribution < 1.29 is 9.53 Å². The lowest BCUT2D eigenvalue weighted by Gasteiger charge is -2.27. The topological polar surface area (TPSA) is 67.4 Å². The third kappa shape index (κ3) is 3.86. The lowest BCUT2D eigenvalue weighted by Crippen LogP contribution is -2.37. The van der Waals surface area contributed by atoms with Gasteiger partial charge in [0.15, 0.2) is 0 Å². The van der Waals surface area contributed by atoms with Gasteiger partial charge < -0.3 is 15.0 Å². The molecule has 1 aromatic carbocycles. The van der Waals surface area contributed by atoms with Crippen LogP contribution >= 0.6 is 15.9 Å². The number of benzene rings is 1. The minimum atomic E-state index is -0.252. The smallest absolute Gasteiger partial charge is 0.274 e. The molecule has 1 fully saturated rings. The average Bonchev–Trinajstić information content (AvgIpc) is 2.59. The number of hydrogen-bond acceptors (Lipinski definition) is 5. The van der Waals surface area contributed by atoms with Gasteiger partial charge in [0.25, 0.3) is 5.91 Å². The van der Waals surface area contributed by atoms with Crippen molar-refractivity contribution in [2.24, 2.45) is 0 Å². The Bertz CT molecular complexity index is 717. The van der Waals surface area contributed by atoms with Gasteiger partial charge in [-0.3, -0.25) is 4.79 Å². The normalized spacial score (nSPS) is 14.6. The van der Waals surface area contributed by atoms with Crippen LogP contribution in [0.25, 0.3) is 0 Å². The number of morpholine rings is 1. The predicted molar refractivity (Wildman–Crippen MR) is 91.9 cm³/mol. The summed E-state index contributed by atoms with van der Waals surface area (Å²) in [6, 6.07) is 7.39. The third-order valence-corrected chi connectivity index (χ3v) is 4.50. The molecule has 2 aromatic rings. The Morgan fingerprint density at radius 2 is 2.04 bits per heavy atom. The molecule has 6 nitrogen and oxygen atoms in total. The zero-order chi connectivity index (χ0) is 16.2. The molecular formula is C16H17BrN4O2. The van der Waals surface area contributed by atoms with Crippen LogP contribution in [0.4, 0.5) is 11.5 Å². The SMILES string of the molecule is Cc1ccc(NC(=O)c2cc(N3CCOCC3)ncn2)cc1Br. The van der Waals surface area contributed by atoms with E-state index in [9.17, 15) is 4.79 Å². The molecule has 1 aromatic heterocycles. The van der Waals surface area contributed by atoms with Gasteiger partial charge in [-0.15, -0.1) is 0 Å². The number of ether oxygens (including phenoxy) is 1. The molecule has 0 aliphatic carbocycles. The number of anilines is 2. The highest BCUT2D eigenvalue weighted by atomic mass is 79.9. The van der Waals surface area contributed by atoms with Gasteiger partial charge >= 0.3 is 0 Å².